The van der Waals surface area contributed by atoms with Crippen molar-refractivity contribution >= 4 is 44.2 Å². The molecular formula is C13H15BrF2IN. The first-order chi connectivity index (χ1) is 8.46. The van der Waals surface area contributed by atoms with Crippen LogP contribution in [0.2, 0.25) is 0 Å². The topological polar surface area (TPSA) is 12.0 Å². The molecule has 1 aliphatic carbocycles. The van der Waals surface area contributed by atoms with Gasteiger partial charge in [0.2, 0.25) is 5.92 Å². The molecule has 0 heterocycles. The van der Waals surface area contributed by atoms with Crippen LogP contribution in [0.25, 0.3) is 0 Å². The van der Waals surface area contributed by atoms with Crippen molar-refractivity contribution in [1.82, 2.24) is 0 Å². The second kappa shape index (κ2) is 6.03. The van der Waals surface area contributed by atoms with Gasteiger partial charge in [0.05, 0.1) is 0 Å². The minimum Gasteiger partial charge on any atom is -0.384 e. The molecule has 1 aromatic carbocycles. The van der Waals surface area contributed by atoms with Crippen molar-refractivity contribution in [1.29, 1.82) is 0 Å². The molecule has 0 amide bonds. The Morgan fingerprint density at radius 1 is 1.44 bits per heavy atom. The molecule has 0 spiro atoms. The summed E-state index contributed by atoms with van der Waals surface area (Å²) in [7, 11) is 0. The van der Waals surface area contributed by atoms with E-state index in [1.54, 1.807) is 0 Å². The van der Waals surface area contributed by atoms with Crippen molar-refractivity contribution in [2.24, 2.45) is 5.92 Å². The van der Waals surface area contributed by atoms with Gasteiger partial charge >= 0.3 is 0 Å². The van der Waals surface area contributed by atoms with Gasteiger partial charge in [0.1, 0.15) is 0 Å². The SMILES string of the molecule is FC1(F)CCCC(CNc2cc(Br)ccc2I)C1. The Kier molecular flexibility index (Phi) is 4.86. The van der Waals surface area contributed by atoms with E-state index >= 15 is 0 Å². The molecule has 5 heteroatoms. The number of alkyl halides is 2. The molecule has 1 aliphatic rings. The fraction of sp³-hybridized carbons (Fsp3) is 0.538. The third kappa shape index (κ3) is 4.05. The largest absolute Gasteiger partial charge is 0.384 e. The molecule has 1 unspecified atom stereocenters. The molecule has 18 heavy (non-hydrogen) atoms. The number of benzene rings is 1. The quantitative estimate of drug-likeness (QED) is 0.643. The number of nitrogens with one attached hydrogen (secondary N) is 1. The van der Waals surface area contributed by atoms with Crippen LogP contribution in [0.1, 0.15) is 25.7 Å². The minimum atomic E-state index is -2.46. The number of hydrogen-bond donors (Lipinski definition) is 1. The van der Waals surface area contributed by atoms with Gasteiger partial charge in [0, 0.05) is 33.1 Å². The Balaban J connectivity index is 1.93. The first-order valence-electron chi connectivity index (χ1n) is 6.03. The molecule has 0 radical (unpaired) electrons. The summed E-state index contributed by atoms with van der Waals surface area (Å²) in [5, 5.41) is 3.29. The van der Waals surface area contributed by atoms with Crippen LogP contribution in [0.5, 0.6) is 0 Å². The highest BCUT2D eigenvalue weighted by Crippen LogP contribution is 2.36. The van der Waals surface area contributed by atoms with E-state index in [1.165, 1.54) is 0 Å². The maximum atomic E-state index is 13.3. The summed E-state index contributed by atoms with van der Waals surface area (Å²) in [5.41, 5.74) is 1.01. The molecule has 1 N–H and O–H groups in total. The van der Waals surface area contributed by atoms with Crippen LogP contribution in [0.15, 0.2) is 22.7 Å². The first-order valence-corrected chi connectivity index (χ1v) is 7.90. The average Bonchev–Trinajstić information content (AvgIpc) is 2.29. The van der Waals surface area contributed by atoms with Gasteiger partial charge in [-0.3, -0.25) is 0 Å². The predicted octanol–water partition coefficient (Wildman–Crippen LogP) is 5.29. The fourth-order valence-electron chi connectivity index (χ4n) is 2.34. The molecule has 1 aromatic rings. The van der Waals surface area contributed by atoms with E-state index in [4.69, 9.17) is 0 Å². The zero-order valence-corrected chi connectivity index (χ0v) is 13.6. The van der Waals surface area contributed by atoms with Gasteiger partial charge in [-0.25, -0.2) is 8.78 Å². The summed E-state index contributed by atoms with van der Waals surface area (Å²) in [5.74, 6) is -2.39. The standard InChI is InChI=1S/C13H15BrF2IN/c14-10-3-4-11(17)12(6-10)18-8-9-2-1-5-13(15,16)7-9/h3-4,6,9,18H,1-2,5,7-8H2. The normalized spacial score (nSPS) is 22.8. The van der Waals surface area contributed by atoms with Crippen molar-refractivity contribution in [2.45, 2.75) is 31.6 Å². The highest BCUT2D eigenvalue weighted by atomic mass is 127. The lowest BCUT2D eigenvalue weighted by Crippen LogP contribution is -2.29. The molecule has 1 atom stereocenters. The number of rotatable bonds is 3. The third-order valence-corrected chi connectivity index (χ3v) is 4.69. The Bertz CT molecular complexity index is 425. The van der Waals surface area contributed by atoms with Gasteiger partial charge in [0.15, 0.2) is 0 Å². The van der Waals surface area contributed by atoms with Crippen LogP contribution in [-0.4, -0.2) is 12.5 Å². The smallest absolute Gasteiger partial charge is 0.248 e. The zero-order chi connectivity index (χ0) is 13.2. The van der Waals surface area contributed by atoms with E-state index in [0.29, 0.717) is 13.0 Å². The molecule has 2 rings (SSSR count). The summed E-state index contributed by atoms with van der Waals surface area (Å²) in [4.78, 5) is 0. The molecule has 100 valence electrons. The van der Waals surface area contributed by atoms with Crippen LogP contribution in [0.4, 0.5) is 14.5 Å². The second-order valence-corrected chi connectivity index (χ2v) is 6.90. The Morgan fingerprint density at radius 3 is 2.94 bits per heavy atom. The zero-order valence-electron chi connectivity index (χ0n) is 9.86. The monoisotopic (exact) mass is 429 g/mol. The van der Waals surface area contributed by atoms with E-state index in [-0.39, 0.29) is 18.8 Å². The van der Waals surface area contributed by atoms with Crippen molar-refractivity contribution in [3.05, 3.63) is 26.2 Å². The van der Waals surface area contributed by atoms with Crippen LogP contribution < -0.4 is 5.32 Å². The minimum absolute atomic E-state index is 0.0184. The molecule has 1 nitrogen and oxygen atoms in total. The summed E-state index contributed by atoms with van der Waals surface area (Å²) in [6, 6.07) is 5.97. The maximum Gasteiger partial charge on any atom is 0.248 e. The van der Waals surface area contributed by atoms with E-state index < -0.39 is 5.92 Å². The van der Waals surface area contributed by atoms with Crippen LogP contribution >= 0.6 is 38.5 Å². The van der Waals surface area contributed by atoms with Gasteiger partial charge in [-0.2, -0.15) is 0 Å². The van der Waals surface area contributed by atoms with Crippen LogP contribution in [0, 0.1) is 9.49 Å². The average molecular weight is 430 g/mol. The highest BCUT2D eigenvalue weighted by molar-refractivity contribution is 14.1. The lowest BCUT2D eigenvalue weighted by molar-refractivity contribution is -0.0502. The summed E-state index contributed by atoms with van der Waals surface area (Å²) >= 11 is 5.66. The van der Waals surface area contributed by atoms with Gasteiger partial charge < -0.3 is 5.32 Å². The van der Waals surface area contributed by atoms with Gasteiger partial charge in [-0.15, -0.1) is 0 Å². The lowest BCUT2D eigenvalue weighted by Gasteiger charge is -2.29. The Labute approximate surface area is 128 Å². The number of anilines is 1. The molecule has 0 saturated heterocycles. The van der Waals surface area contributed by atoms with Crippen molar-refractivity contribution in [2.75, 3.05) is 11.9 Å². The second-order valence-electron chi connectivity index (χ2n) is 4.82. The molecule has 0 bridgehead atoms. The van der Waals surface area contributed by atoms with Crippen molar-refractivity contribution in [3.8, 4) is 0 Å². The van der Waals surface area contributed by atoms with E-state index in [0.717, 1.165) is 20.2 Å². The molecule has 0 aromatic heterocycles. The lowest BCUT2D eigenvalue weighted by atomic mass is 9.86. The van der Waals surface area contributed by atoms with Crippen molar-refractivity contribution < 1.29 is 8.78 Å². The van der Waals surface area contributed by atoms with Crippen molar-refractivity contribution in [3.63, 3.8) is 0 Å². The Hall–Kier alpha value is 0.0900. The van der Waals surface area contributed by atoms with Crippen LogP contribution in [-0.2, 0) is 0 Å². The molecule has 1 fully saturated rings. The third-order valence-electron chi connectivity index (χ3n) is 3.25. The number of halogens is 4. The highest BCUT2D eigenvalue weighted by Gasteiger charge is 2.35. The van der Waals surface area contributed by atoms with Gasteiger partial charge in [-0.05, 0) is 59.5 Å². The number of hydrogen-bond acceptors (Lipinski definition) is 1. The predicted molar refractivity (Wildman–Crippen MR) is 82.3 cm³/mol. The summed E-state index contributed by atoms with van der Waals surface area (Å²) in [6.07, 6.45) is 1.60. The van der Waals surface area contributed by atoms with Crippen LogP contribution in [0.3, 0.4) is 0 Å². The molecule has 1 saturated carbocycles. The maximum absolute atomic E-state index is 13.3. The van der Waals surface area contributed by atoms with Gasteiger partial charge in [0.25, 0.3) is 0 Å². The first kappa shape index (κ1) is 14.5. The van der Waals surface area contributed by atoms with E-state index in [9.17, 15) is 8.78 Å². The van der Waals surface area contributed by atoms with Gasteiger partial charge in [-0.1, -0.05) is 15.9 Å². The fourth-order valence-corrected chi connectivity index (χ4v) is 3.22. The Morgan fingerprint density at radius 2 is 2.22 bits per heavy atom. The van der Waals surface area contributed by atoms with E-state index in [1.807, 2.05) is 18.2 Å². The van der Waals surface area contributed by atoms with E-state index in [2.05, 4.69) is 43.8 Å². The summed E-state index contributed by atoms with van der Waals surface area (Å²) < 4.78 is 28.7. The molecular weight excluding hydrogens is 415 g/mol. The summed E-state index contributed by atoms with van der Waals surface area (Å²) in [6.45, 7) is 0.627. The molecule has 0 aliphatic heterocycles.